The summed E-state index contributed by atoms with van der Waals surface area (Å²) in [5.41, 5.74) is -1.84. The van der Waals surface area contributed by atoms with Gasteiger partial charge in [-0.15, -0.1) is 13.2 Å². The van der Waals surface area contributed by atoms with Crippen molar-refractivity contribution in [3.05, 3.63) is 25.3 Å². The third kappa shape index (κ3) is 5.88. The first-order valence-electron chi connectivity index (χ1n) is 7.13. The predicted octanol–water partition coefficient (Wildman–Crippen LogP) is 2.74. The fourth-order valence-corrected chi connectivity index (χ4v) is 2.30. The summed E-state index contributed by atoms with van der Waals surface area (Å²) in [6.45, 7) is 9.47. The number of hydrogen-bond donors (Lipinski definition) is 1. The molecule has 6 nitrogen and oxygen atoms in total. The van der Waals surface area contributed by atoms with Crippen molar-refractivity contribution in [3.63, 3.8) is 0 Å². The van der Waals surface area contributed by atoms with Gasteiger partial charge in [0.1, 0.15) is 24.8 Å². The number of allylic oxidation sites excluding steroid dienone is 1. The van der Waals surface area contributed by atoms with Crippen LogP contribution in [0, 0.1) is 0 Å². The third-order valence-electron chi connectivity index (χ3n) is 3.69. The first-order chi connectivity index (χ1) is 10.4. The highest BCUT2D eigenvalue weighted by Crippen LogP contribution is 2.39. The topological polar surface area (TPSA) is 74.2 Å². The normalized spacial score (nSPS) is 16.5. The molecule has 1 N–H and O–H groups in total. The van der Waals surface area contributed by atoms with Crippen molar-refractivity contribution in [2.24, 2.45) is 0 Å². The van der Waals surface area contributed by atoms with Crippen molar-refractivity contribution in [2.45, 2.75) is 43.8 Å². The van der Waals surface area contributed by atoms with Crippen LogP contribution in [0.2, 0.25) is 0 Å². The van der Waals surface area contributed by atoms with E-state index in [0.29, 0.717) is 12.8 Å². The number of hydrogen-bond acceptors (Lipinski definition) is 5. The van der Waals surface area contributed by atoms with Gasteiger partial charge < -0.3 is 24.1 Å². The molecule has 0 aromatic heterocycles. The maximum Gasteiger partial charge on any atom is 0.303 e. The SMILES string of the molecule is C=CCC[C@@](C)(OCOC)[C@@](C=C)(CCC(=O)O)OCOC. The summed E-state index contributed by atoms with van der Waals surface area (Å²) >= 11 is 0. The monoisotopic (exact) mass is 316 g/mol. The van der Waals surface area contributed by atoms with Gasteiger partial charge in [-0.25, -0.2) is 0 Å². The molecule has 0 aliphatic heterocycles. The number of carbonyl (C=O) groups is 1. The molecule has 0 fully saturated rings. The van der Waals surface area contributed by atoms with Gasteiger partial charge in [-0.3, -0.25) is 4.79 Å². The lowest BCUT2D eigenvalue weighted by Gasteiger charge is -2.46. The molecular weight excluding hydrogens is 288 g/mol. The van der Waals surface area contributed by atoms with Gasteiger partial charge in [-0.2, -0.15) is 0 Å². The minimum Gasteiger partial charge on any atom is -0.481 e. The van der Waals surface area contributed by atoms with E-state index in [4.69, 9.17) is 24.1 Å². The van der Waals surface area contributed by atoms with E-state index in [0.717, 1.165) is 0 Å². The smallest absolute Gasteiger partial charge is 0.303 e. The average molecular weight is 316 g/mol. The van der Waals surface area contributed by atoms with Crippen LogP contribution in [0.5, 0.6) is 0 Å². The highest BCUT2D eigenvalue weighted by atomic mass is 16.7. The van der Waals surface area contributed by atoms with E-state index in [1.54, 1.807) is 12.2 Å². The second-order valence-corrected chi connectivity index (χ2v) is 5.15. The van der Waals surface area contributed by atoms with Crippen LogP contribution < -0.4 is 0 Å². The summed E-state index contributed by atoms with van der Waals surface area (Å²) in [7, 11) is 3.03. The summed E-state index contributed by atoms with van der Waals surface area (Å²) in [6.07, 6.45) is 4.76. The summed E-state index contributed by atoms with van der Waals surface area (Å²) in [6, 6.07) is 0. The van der Waals surface area contributed by atoms with Gasteiger partial charge in [-0.05, 0) is 26.2 Å². The van der Waals surface area contributed by atoms with Crippen LogP contribution in [0.1, 0.15) is 32.6 Å². The molecule has 0 saturated heterocycles. The van der Waals surface area contributed by atoms with Crippen molar-refractivity contribution >= 4 is 5.97 Å². The Bertz CT molecular complexity index is 357. The molecule has 2 atom stereocenters. The highest BCUT2D eigenvalue weighted by Gasteiger charge is 2.48. The molecule has 0 aliphatic rings. The van der Waals surface area contributed by atoms with E-state index in [1.807, 2.05) is 6.92 Å². The lowest BCUT2D eigenvalue weighted by molar-refractivity contribution is -0.239. The fourth-order valence-electron chi connectivity index (χ4n) is 2.30. The van der Waals surface area contributed by atoms with Gasteiger partial charge in [0.15, 0.2) is 0 Å². The Labute approximate surface area is 132 Å². The van der Waals surface area contributed by atoms with E-state index in [1.165, 1.54) is 14.2 Å². The number of ether oxygens (including phenoxy) is 4. The highest BCUT2D eigenvalue weighted by molar-refractivity contribution is 5.66. The Morgan fingerprint density at radius 2 is 1.73 bits per heavy atom. The molecule has 0 spiro atoms. The minimum atomic E-state index is -1.01. The Kier molecular flexibility index (Phi) is 9.93. The first-order valence-corrected chi connectivity index (χ1v) is 7.13. The van der Waals surface area contributed by atoms with Crippen LogP contribution in [0.4, 0.5) is 0 Å². The van der Waals surface area contributed by atoms with Gasteiger partial charge in [0, 0.05) is 20.6 Å². The zero-order valence-corrected chi connectivity index (χ0v) is 13.8. The quantitative estimate of drug-likeness (QED) is 0.392. The summed E-state index contributed by atoms with van der Waals surface area (Å²) in [5, 5.41) is 9.01. The molecule has 0 unspecified atom stereocenters. The lowest BCUT2D eigenvalue weighted by atomic mass is 9.77. The van der Waals surface area contributed by atoms with Crippen LogP contribution in [0.3, 0.4) is 0 Å². The molecule has 0 amide bonds. The molecule has 0 aliphatic carbocycles. The predicted molar refractivity (Wildman–Crippen MR) is 83.6 cm³/mol. The van der Waals surface area contributed by atoms with Gasteiger partial charge in [0.05, 0.1) is 0 Å². The fraction of sp³-hybridized carbons (Fsp3) is 0.688. The van der Waals surface area contributed by atoms with Gasteiger partial charge in [0.2, 0.25) is 0 Å². The summed E-state index contributed by atoms with van der Waals surface area (Å²) in [5.74, 6) is -0.912. The summed E-state index contributed by atoms with van der Waals surface area (Å²) in [4.78, 5) is 11.0. The Morgan fingerprint density at radius 3 is 2.18 bits per heavy atom. The van der Waals surface area contributed by atoms with Crippen LogP contribution in [0.15, 0.2) is 25.3 Å². The van der Waals surface area contributed by atoms with Gasteiger partial charge in [-0.1, -0.05) is 12.2 Å². The molecule has 0 radical (unpaired) electrons. The van der Waals surface area contributed by atoms with Crippen LogP contribution >= 0.6 is 0 Å². The number of carboxylic acids is 1. The standard InChI is InChI=1S/C16H28O6/c1-6-8-10-15(3,21-12-19-4)16(7-2,22-13-20-5)11-9-14(17)18/h6-7H,1-2,8-13H2,3-5H3,(H,17,18)/t15-,16-/m1/s1. The molecule has 0 saturated carbocycles. The molecule has 0 aromatic carbocycles. The number of aliphatic carboxylic acids is 1. The molecule has 6 heteroatoms. The van der Waals surface area contributed by atoms with E-state index in [-0.39, 0.29) is 26.4 Å². The summed E-state index contributed by atoms with van der Waals surface area (Å²) < 4.78 is 21.7. The maximum absolute atomic E-state index is 11.0. The molecule has 0 bridgehead atoms. The molecule has 128 valence electrons. The van der Waals surface area contributed by atoms with E-state index in [2.05, 4.69) is 13.2 Å². The van der Waals surface area contributed by atoms with Gasteiger partial charge in [0.25, 0.3) is 0 Å². The molecule has 0 rings (SSSR count). The van der Waals surface area contributed by atoms with Crippen molar-refractivity contribution in [3.8, 4) is 0 Å². The number of carboxylic acid groups (broad SMARTS) is 1. The molecular formula is C16H28O6. The lowest BCUT2D eigenvalue weighted by Crippen LogP contribution is -2.55. The Morgan fingerprint density at radius 1 is 1.14 bits per heavy atom. The van der Waals surface area contributed by atoms with E-state index in [9.17, 15) is 4.79 Å². The maximum atomic E-state index is 11.0. The van der Waals surface area contributed by atoms with E-state index >= 15 is 0 Å². The molecule has 0 heterocycles. The van der Waals surface area contributed by atoms with E-state index < -0.39 is 17.2 Å². The van der Waals surface area contributed by atoms with Crippen LogP contribution in [0.25, 0.3) is 0 Å². The Hall–Kier alpha value is -1.21. The average Bonchev–Trinajstić information content (AvgIpc) is 2.51. The molecule has 22 heavy (non-hydrogen) atoms. The van der Waals surface area contributed by atoms with Gasteiger partial charge >= 0.3 is 5.97 Å². The zero-order chi connectivity index (χ0) is 17.1. The van der Waals surface area contributed by atoms with Crippen molar-refractivity contribution in [1.29, 1.82) is 0 Å². The van der Waals surface area contributed by atoms with Crippen molar-refractivity contribution in [1.82, 2.24) is 0 Å². The number of rotatable bonds is 14. The Balaban J connectivity index is 5.49. The van der Waals surface area contributed by atoms with Crippen molar-refractivity contribution in [2.75, 3.05) is 27.8 Å². The zero-order valence-electron chi connectivity index (χ0n) is 13.8. The van der Waals surface area contributed by atoms with Crippen molar-refractivity contribution < 1.29 is 28.8 Å². The van der Waals surface area contributed by atoms with Crippen LogP contribution in [-0.2, 0) is 23.7 Å². The number of methoxy groups -OCH3 is 2. The minimum absolute atomic E-state index is 0.00562. The third-order valence-corrected chi connectivity index (χ3v) is 3.69. The first kappa shape index (κ1) is 20.8. The second-order valence-electron chi connectivity index (χ2n) is 5.15. The molecule has 0 aromatic rings. The largest absolute Gasteiger partial charge is 0.481 e. The second kappa shape index (κ2) is 10.5. The van der Waals surface area contributed by atoms with Crippen LogP contribution in [-0.4, -0.2) is 50.1 Å².